The molecule has 0 saturated heterocycles. The van der Waals surface area contributed by atoms with Gasteiger partial charge in [0.05, 0.1) is 24.8 Å². The molecule has 4 rings (SSSR count). The van der Waals surface area contributed by atoms with E-state index in [0.29, 0.717) is 13.2 Å². The van der Waals surface area contributed by atoms with Crippen LogP contribution in [-0.4, -0.2) is 23.3 Å². The highest BCUT2D eigenvalue weighted by Crippen LogP contribution is 2.23. The Kier molecular flexibility index (Phi) is 6.95. The summed E-state index contributed by atoms with van der Waals surface area (Å²) in [5.74, 6) is 3.50. The summed E-state index contributed by atoms with van der Waals surface area (Å²) in [4.78, 5) is 4.84. The largest absolute Gasteiger partial charge is 0.497 e. The summed E-state index contributed by atoms with van der Waals surface area (Å²) in [6.07, 6.45) is 1.93. The van der Waals surface area contributed by atoms with Crippen molar-refractivity contribution in [3.63, 3.8) is 0 Å². The maximum absolute atomic E-state index is 6.16. The number of fused-ring (bicyclic) bond motifs is 1. The second-order valence-electron chi connectivity index (χ2n) is 7.96. The molecule has 1 aromatic heterocycles. The number of para-hydroxylation sites is 2. The zero-order valence-electron chi connectivity index (χ0n) is 19.0. The molecule has 166 valence electrons. The van der Waals surface area contributed by atoms with Crippen molar-refractivity contribution in [2.45, 2.75) is 39.8 Å². The van der Waals surface area contributed by atoms with Crippen LogP contribution in [-0.2, 0) is 13.2 Å². The number of rotatable bonds is 10. The van der Waals surface area contributed by atoms with Crippen LogP contribution in [0.4, 0.5) is 0 Å². The number of ether oxygens (including phenoxy) is 3. The van der Waals surface area contributed by atoms with Crippen LogP contribution >= 0.6 is 0 Å². The summed E-state index contributed by atoms with van der Waals surface area (Å²) >= 11 is 0. The average molecular weight is 431 g/mol. The van der Waals surface area contributed by atoms with Gasteiger partial charge in [0.1, 0.15) is 29.7 Å². The lowest BCUT2D eigenvalue weighted by molar-refractivity contribution is 0.283. The van der Waals surface area contributed by atoms with Crippen LogP contribution < -0.4 is 14.2 Å². The van der Waals surface area contributed by atoms with Crippen LogP contribution in [0, 0.1) is 13.8 Å². The Morgan fingerprint density at radius 1 is 0.844 bits per heavy atom. The van der Waals surface area contributed by atoms with Crippen LogP contribution in [0.5, 0.6) is 17.2 Å². The molecule has 3 aromatic carbocycles. The lowest BCUT2D eigenvalue weighted by Crippen LogP contribution is -2.09. The molecule has 0 fully saturated rings. The van der Waals surface area contributed by atoms with Gasteiger partial charge in [-0.1, -0.05) is 30.3 Å². The third-order valence-electron chi connectivity index (χ3n) is 5.52. The first kappa shape index (κ1) is 21.8. The van der Waals surface area contributed by atoms with Gasteiger partial charge in [-0.15, -0.1) is 0 Å². The van der Waals surface area contributed by atoms with E-state index in [1.807, 2.05) is 30.3 Å². The van der Waals surface area contributed by atoms with Crippen LogP contribution in [0.25, 0.3) is 11.0 Å². The molecular weight excluding hydrogens is 400 g/mol. The predicted octanol–water partition coefficient (Wildman–Crippen LogP) is 6.10. The van der Waals surface area contributed by atoms with E-state index in [4.69, 9.17) is 19.2 Å². The van der Waals surface area contributed by atoms with Crippen LogP contribution in [0.3, 0.4) is 0 Å². The summed E-state index contributed by atoms with van der Waals surface area (Å²) in [5.41, 5.74) is 4.46. The molecular formula is C27H30N2O3. The first-order valence-electron chi connectivity index (χ1n) is 11.0. The molecule has 0 unspecified atom stereocenters. The fourth-order valence-electron chi connectivity index (χ4n) is 3.74. The number of hydrogen-bond acceptors (Lipinski definition) is 4. The van der Waals surface area contributed by atoms with Crippen LogP contribution in [0.1, 0.15) is 29.8 Å². The molecule has 4 aromatic rings. The van der Waals surface area contributed by atoms with E-state index in [2.05, 4.69) is 54.8 Å². The third-order valence-corrected chi connectivity index (χ3v) is 5.52. The monoisotopic (exact) mass is 430 g/mol. The van der Waals surface area contributed by atoms with Gasteiger partial charge in [-0.2, -0.15) is 0 Å². The highest BCUT2D eigenvalue weighted by Gasteiger charge is 2.12. The minimum atomic E-state index is 0.444. The predicted molar refractivity (Wildman–Crippen MR) is 128 cm³/mol. The van der Waals surface area contributed by atoms with Gasteiger partial charge in [0.15, 0.2) is 0 Å². The molecule has 5 heteroatoms. The molecule has 32 heavy (non-hydrogen) atoms. The Labute approximate surface area is 189 Å². The number of hydrogen-bond donors (Lipinski definition) is 0. The van der Waals surface area contributed by atoms with Crippen molar-refractivity contribution >= 4 is 11.0 Å². The van der Waals surface area contributed by atoms with Gasteiger partial charge in [0.25, 0.3) is 0 Å². The molecule has 0 amide bonds. The Balaban J connectivity index is 1.39. The van der Waals surface area contributed by atoms with Crippen molar-refractivity contribution in [1.29, 1.82) is 0 Å². The lowest BCUT2D eigenvalue weighted by Gasteiger charge is -2.13. The highest BCUT2D eigenvalue weighted by molar-refractivity contribution is 5.75. The standard InChI is InChI=1S/C27H30N2O3/c1-20-13-14-21(2)26(17-20)32-19-27-28-24-11-4-5-12-25(24)29(27)15-6-7-16-31-23-10-8-9-22(18-23)30-3/h4-5,8-14,17-18H,6-7,15-16,19H2,1-3H3. The number of methoxy groups -OCH3 is 1. The summed E-state index contributed by atoms with van der Waals surface area (Å²) in [5, 5.41) is 0. The zero-order valence-corrected chi connectivity index (χ0v) is 19.0. The SMILES string of the molecule is COc1cccc(OCCCCn2c(COc3cc(C)ccc3C)nc3ccccc32)c1. The highest BCUT2D eigenvalue weighted by atomic mass is 16.5. The van der Waals surface area contributed by atoms with Gasteiger partial charge in [-0.05, 0) is 68.1 Å². The fraction of sp³-hybridized carbons (Fsp3) is 0.296. The van der Waals surface area contributed by atoms with E-state index in [-0.39, 0.29) is 0 Å². The van der Waals surface area contributed by atoms with Crippen LogP contribution in [0.2, 0.25) is 0 Å². The van der Waals surface area contributed by atoms with Gasteiger partial charge in [0, 0.05) is 12.6 Å². The molecule has 0 aliphatic heterocycles. The molecule has 0 radical (unpaired) electrons. The summed E-state index contributed by atoms with van der Waals surface area (Å²) in [6.45, 7) is 6.12. The minimum Gasteiger partial charge on any atom is -0.497 e. The van der Waals surface area contributed by atoms with Crippen molar-refractivity contribution in [2.24, 2.45) is 0 Å². The maximum atomic E-state index is 6.16. The molecule has 1 heterocycles. The fourth-order valence-corrected chi connectivity index (χ4v) is 3.74. The molecule has 0 spiro atoms. The Morgan fingerprint density at radius 2 is 1.69 bits per heavy atom. The second kappa shape index (κ2) is 10.2. The molecule has 0 aliphatic rings. The van der Waals surface area contributed by atoms with Gasteiger partial charge < -0.3 is 18.8 Å². The molecule has 0 atom stereocenters. The number of aryl methyl sites for hydroxylation is 3. The summed E-state index contributed by atoms with van der Waals surface area (Å²) in [6, 6.07) is 22.3. The summed E-state index contributed by atoms with van der Waals surface area (Å²) in [7, 11) is 1.66. The topological polar surface area (TPSA) is 45.5 Å². The van der Waals surface area contributed by atoms with Crippen molar-refractivity contribution < 1.29 is 14.2 Å². The Morgan fingerprint density at radius 3 is 2.56 bits per heavy atom. The van der Waals surface area contributed by atoms with Gasteiger partial charge in [-0.25, -0.2) is 4.98 Å². The smallest absolute Gasteiger partial charge is 0.147 e. The van der Waals surface area contributed by atoms with Gasteiger partial charge in [0.2, 0.25) is 0 Å². The number of aromatic nitrogens is 2. The zero-order chi connectivity index (χ0) is 22.3. The molecule has 0 bridgehead atoms. The lowest BCUT2D eigenvalue weighted by atomic mass is 10.1. The summed E-state index contributed by atoms with van der Waals surface area (Å²) < 4.78 is 19.6. The van der Waals surface area contributed by atoms with E-state index in [1.54, 1.807) is 7.11 Å². The van der Waals surface area contributed by atoms with E-state index >= 15 is 0 Å². The van der Waals surface area contributed by atoms with E-state index in [9.17, 15) is 0 Å². The maximum Gasteiger partial charge on any atom is 0.147 e. The molecule has 5 nitrogen and oxygen atoms in total. The minimum absolute atomic E-state index is 0.444. The molecule has 0 aliphatic carbocycles. The van der Waals surface area contributed by atoms with Crippen molar-refractivity contribution in [1.82, 2.24) is 9.55 Å². The number of nitrogens with zero attached hydrogens (tertiary/aromatic N) is 2. The first-order chi connectivity index (χ1) is 15.6. The second-order valence-corrected chi connectivity index (χ2v) is 7.96. The average Bonchev–Trinajstić information content (AvgIpc) is 3.17. The number of unbranched alkanes of at least 4 members (excludes halogenated alkanes) is 1. The van der Waals surface area contributed by atoms with E-state index in [1.165, 1.54) is 5.56 Å². The van der Waals surface area contributed by atoms with Crippen LogP contribution in [0.15, 0.2) is 66.7 Å². The van der Waals surface area contributed by atoms with Gasteiger partial charge in [-0.3, -0.25) is 0 Å². The van der Waals surface area contributed by atoms with Crippen molar-refractivity contribution in [2.75, 3.05) is 13.7 Å². The normalized spacial score (nSPS) is 11.0. The quantitative estimate of drug-likeness (QED) is 0.285. The molecule has 0 N–H and O–H groups in total. The van der Waals surface area contributed by atoms with E-state index < -0.39 is 0 Å². The number of benzene rings is 3. The molecule has 0 saturated carbocycles. The Hall–Kier alpha value is -3.47. The van der Waals surface area contributed by atoms with Crippen molar-refractivity contribution in [3.05, 3.63) is 83.7 Å². The number of imidazole rings is 1. The Bertz CT molecular complexity index is 1180. The van der Waals surface area contributed by atoms with E-state index in [0.717, 1.165) is 59.1 Å². The third kappa shape index (κ3) is 5.22. The first-order valence-corrected chi connectivity index (χ1v) is 11.0. The van der Waals surface area contributed by atoms with Gasteiger partial charge >= 0.3 is 0 Å². The van der Waals surface area contributed by atoms with Crippen molar-refractivity contribution in [3.8, 4) is 17.2 Å².